The first-order valence-corrected chi connectivity index (χ1v) is 7.14. The second-order valence-electron chi connectivity index (χ2n) is 5.09. The SMILES string of the molecule is CCc1nc2ccccc2n1Cc1ccc(CN)cc1F. The average molecular weight is 283 g/mol. The van der Waals surface area contributed by atoms with Crippen LogP contribution in [0.25, 0.3) is 11.0 Å². The fraction of sp³-hybridized carbons (Fsp3) is 0.235. The Morgan fingerprint density at radius 3 is 2.71 bits per heavy atom. The van der Waals surface area contributed by atoms with Gasteiger partial charge >= 0.3 is 0 Å². The monoisotopic (exact) mass is 283 g/mol. The lowest BCUT2D eigenvalue weighted by Crippen LogP contribution is -2.07. The number of hydrogen-bond acceptors (Lipinski definition) is 2. The molecular formula is C17H18FN3. The number of aryl methyl sites for hydroxylation is 1. The second-order valence-corrected chi connectivity index (χ2v) is 5.09. The highest BCUT2D eigenvalue weighted by Crippen LogP contribution is 2.20. The summed E-state index contributed by atoms with van der Waals surface area (Å²) >= 11 is 0. The van der Waals surface area contributed by atoms with E-state index in [9.17, 15) is 4.39 Å². The molecule has 0 amide bonds. The Hall–Kier alpha value is -2.20. The Morgan fingerprint density at radius 2 is 2.00 bits per heavy atom. The van der Waals surface area contributed by atoms with Gasteiger partial charge in [-0.2, -0.15) is 0 Å². The van der Waals surface area contributed by atoms with Crippen LogP contribution in [0.1, 0.15) is 23.9 Å². The third kappa shape index (κ3) is 2.54. The maximum Gasteiger partial charge on any atom is 0.128 e. The molecule has 1 heterocycles. The Balaban J connectivity index is 2.05. The summed E-state index contributed by atoms with van der Waals surface area (Å²) in [5.74, 6) is 0.760. The standard InChI is InChI=1S/C17H18FN3/c1-2-17-20-15-5-3-4-6-16(15)21(17)11-13-8-7-12(10-19)9-14(13)18/h3-9H,2,10-11,19H2,1H3. The van der Waals surface area contributed by atoms with Gasteiger partial charge in [0.1, 0.15) is 11.6 Å². The molecule has 0 radical (unpaired) electrons. The van der Waals surface area contributed by atoms with Crippen molar-refractivity contribution in [2.75, 3.05) is 0 Å². The number of benzene rings is 2. The highest BCUT2D eigenvalue weighted by atomic mass is 19.1. The van der Waals surface area contributed by atoms with Gasteiger partial charge in [0.05, 0.1) is 17.6 Å². The summed E-state index contributed by atoms with van der Waals surface area (Å²) in [7, 11) is 0. The minimum absolute atomic E-state index is 0.210. The summed E-state index contributed by atoms with van der Waals surface area (Å²) in [6, 6.07) is 13.2. The highest BCUT2D eigenvalue weighted by Gasteiger charge is 2.11. The van der Waals surface area contributed by atoms with Gasteiger partial charge in [0.25, 0.3) is 0 Å². The van der Waals surface area contributed by atoms with Gasteiger partial charge < -0.3 is 10.3 Å². The van der Waals surface area contributed by atoms with Crippen LogP contribution in [0.2, 0.25) is 0 Å². The van der Waals surface area contributed by atoms with E-state index >= 15 is 0 Å². The highest BCUT2D eigenvalue weighted by molar-refractivity contribution is 5.76. The maximum absolute atomic E-state index is 14.2. The zero-order valence-corrected chi connectivity index (χ0v) is 12.0. The molecule has 1 aromatic heterocycles. The summed E-state index contributed by atoms with van der Waals surface area (Å²) in [4.78, 5) is 4.61. The van der Waals surface area contributed by atoms with Gasteiger partial charge in [-0.25, -0.2) is 9.37 Å². The number of nitrogens with zero attached hydrogens (tertiary/aromatic N) is 2. The van der Waals surface area contributed by atoms with Crippen molar-refractivity contribution in [1.29, 1.82) is 0 Å². The molecule has 21 heavy (non-hydrogen) atoms. The first-order chi connectivity index (χ1) is 10.2. The van der Waals surface area contributed by atoms with E-state index in [-0.39, 0.29) is 5.82 Å². The van der Waals surface area contributed by atoms with Crippen molar-refractivity contribution in [3.8, 4) is 0 Å². The molecule has 0 spiro atoms. The Bertz CT molecular complexity index is 777. The molecule has 0 aliphatic carbocycles. The predicted molar refractivity (Wildman–Crippen MR) is 82.5 cm³/mol. The topological polar surface area (TPSA) is 43.8 Å². The predicted octanol–water partition coefficient (Wildman–Crippen LogP) is 3.24. The number of hydrogen-bond donors (Lipinski definition) is 1. The van der Waals surface area contributed by atoms with Gasteiger partial charge in [0.15, 0.2) is 0 Å². The quantitative estimate of drug-likeness (QED) is 0.798. The van der Waals surface area contributed by atoms with E-state index in [2.05, 4.69) is 16.5 Å². The van der Waals surface area contributed by atoms with Gasteiger partial charge in [-0.15, -0.1) is 0 Å². The van der Waals surface area contributed by atoms with Crippen LogP contribution in [-0.4, -0.2) is 9.55 Å². The molecule has 0 fully saturated rings. The van der Waals surface area contributed by atoms with Crippen LogP contribution in [0.4, 0.5) is 4.39 Å². The van der Waals surface area contributed by atoms with Gasteiger partial charge in [-0.3, -0.25) is 0 Å². The fourth-order valence-corrected chi connectivity index (χ4v) is 2.59. The smallest absolute Gasteiger partial charge is 0.128 e. The van der Waals surface area contributed by atoms with Crippen molar-refractivity contribution in [2.45, 2.75) is 26.4 Å². The molecule has 2 N–H and O–H groups in total. The van der Waals surface area contributed by atoms with E-state index < -0.39 is 0 Å². The molecule has 0 bridgehead atoms. The Kier molecular flexibility index (Phi) is 3.71. The minimum atomic E-state index is -0.210. The van der Waals surface area contributed by atoms with E-state index in [1.807, 2.05) is 36.4 Å². The van der Waals surface area contributed by atoms with Crippen LogP contribution in [0.15, 0.2) is 42.5 Å². The first kappa shape index (κ1) is 13.8. The largest absolute Gasteiger partial charge is 0.326 e. The van der Waals surface area contributed by atoms with Crippen molar-refractivity contribution in [1.82, 2.24) is 9.55 Å². The number of nitrogens with two attached hydrogens (primary N) is 1. The molecule has 0 aliphatic heterocycles. The van der Waals surface area contributed by atoms with Crippen LogP contribution in [0.5, 0.6) is 0 Å². The minimum Gasteiger partial charge on any atom is -0.326 e. The molecule has 3 nitrogen and oxygen atoms in total. The van der Waals surface area contributed by atoms with Crippen molar-refractivity contribution in [2.24, 2.45) is 5.73 Å². The molecule has 108 valence electrons. The summed E-state index contributed by atoms with van der Waals surface area (Å²) in [6.07, 6.45) is 0.817. The van der Waals surface area contributed by atoms with E-state index in [4.69, 9.17) is 5.73 Å². The van der Waals surface area contributed by atoms with E-state index in [1.54, 1.807) is 0 Å². The second kappa shape index (κ2) is 5.66. The molecular weight excluding hydrogens is 265 g/mol. The molecule has 3 aromatic rings. The van der Waals surface area contributed by atoms with Crippen LogP contribution in [-0.2, 0) is 19.5 Å². The van der Waals surface area contributed by atoms with Crippen molar-refractivity contribution in [3.05, 3.63) is 65.2 Å². The summed E-state index contributed by atoms with van der Waals surface area (Å²) in [5, 5.41) is 0. The molecule has 0 aliphatic rings. The first-order valence-electron chi connectivity index (χ1n) is 7.14. The van der Waals surface area contributed by atoms with Crippen LogP contribution >= 0.6 is 0 Å². The summed E-state index contributed by atoms with van der Waals surface area (Å²) in [6.45, 7) is 2.90. The van der Waals surface area contributed by atoms with Gasteiger partial charge in [-0.1, -0.05) is 31.2 Å². The molecule has 0 saturated heterocycles. The van der Waals surface area contributed by atoms with Crippen LogP contribution < -0.4 is 5.73 Å². The van der Waals surface area contributed by atoms with Crippen molar-refractivity contribution < 1.29 is 4.39 Å². The number of aromatic nitrogens is 2. The molecule has 0 atom stereocenters. The zero-order chi connectivity index (χ0) is 14.8. The Labute approximate surface area is 123 Å². The number of fused-ring (bicyclic) bond motifs is 1. The van der Waals surface area contributed by atoms with E-state index in [0.29, 0.717) is 18.7 Å². The molecule has 4 heteroatoms. The van der Waals surface area contributed by atoms with Crippen LogP contribution in [0, 0.1) is 5.82 Å². The number of rotatable bonds is 4. The molecule has 3 rings (SSSR count). The third-order valence-electron chi connectivity index (χ3n) is 3.73. The summed E-state index contributed by atoms with van der Waals surface area (Å²) in [5.41, 5.74) is 9.00. The summed E-state index contributed by atoms with van der Waals surface area (Å²) < 4.78 is 16.3. The van der Waals surface area contributed by atoms with E-state index in [0.717, 1.165) is 28.8 Å². The number of para-hydroxylation sites is 2. The average Bonchev–Trinajstić information content (AvgIpc) is 2.87. The van der Waals surface area contributed by atoms with E-state index in [1.165, 1.54) is 6.07 Å². The zero-order valence-electron chi connectivity index (χ0n) is 12.0. The number of halogens is 1. The normalized spacial score (nSPS) is 11.2. The lowest BCUT2D eigenvalue weighted by atomic mass is 10.1. The lowest BCUT2D eigenvalue weighted by molar-refractivity contribution is 0.595. The molecule has 0 unspecified atom stereocenters. The third-order valence-corrected chi connectivity index (χ3v) is 3.73. The fourth-order valence-electron chi connectivity index (χ4n) is 2.59. The number of imidazole rings is 1. The van der Waals surface area contributed by atoms with Gasteiger partial charge in [0.2, 0.25) is 0 Å². The van der Waals surface area contributed by atoms with Crippen molar-refractivity contribution in [3.63, 3.8) is 0 Å². The molecule has 2 aromatic carbocycles. The van der Waals surface area contributed by atoms with Crippen LogP contribution in [0.3, 0.4) is 0 Å². The maximum atomic E-state index is 14.2. The Morgan fingerprint density at radius 1 is 1.19 bits per heavy atom. The van der Waals surface area contributed by atoms with Gasteiger partial charge in [-0.05, 0) is 23.8 Å². The molecule has 0 saturated carbocycles. The van der Waals surface area contributed by atoms with Gasteiger partial charge in [0, 0.05) is 18.5 Å². The van der Waals surface area contributed by atoms with Crippen molar-refractivity contribution >= 4 is 11.0 Å². The lowest BCUT2D eigenvalue weighted by Gasteiger charge is -2.10.